The largest absolute Gasteiger partial charge is 0.358 e. The third kappa shape index (κ3) is 2.15. The third-order valence-corrected chi connectivity index (χ3v) is 2.28. The number of carbonyl (C=O) groups excluding carboxylic acids is 1. The first kappa shape index (κ1) is 11.2. The first-order chi connectivity index (χ1) is 7.11. The van der Waals surface area contributed by atoms with Crippen LogP contribution in [0.25, 0.3) is 0 Å². The second-order valence-electron chi connectivity index (χ2n) is 3.39. The van der Waals surface area contributed by atoms with Crippen LogP contribution in [0.4, 0.5) is 5.82 Å². The number of aromatic nitrogens is 2. The quantitative estimate of drug-likeness (QED) is 0.686. The fraction of sp³-hybridized carbons (Fsp3) is 0.500. The molecule has 0 saturated carbocycles. The molecule has 0 aliphatic heterocycles. The van der Waals surface area contributed by atoms with Crippen molar-refractivity contribution in [3.63, 3.8) is 0 Å². The highest BCUT2D eigenvalue weighted by molar-refractivity contribution is 5.84. The second-order valence-corrected chi connectivity index (χ2v) is 3.39. The van der Waals surface area contributed by atoms with Gasteiger partial charge >= 0.3 is 0 Å². The Hall–Kier alpha value is -1.83. The number of aryl methyl sites for hydroxylation is 2. The summed E-state index contributed by atoms with van der Waals surface area (Å²) < 4.78 is 1.66. The Morgan fingerprint density at radius 1 is 1.67 bits per heavy atom. The van der Waals surface area contributed by atoms with Gasteiger partial charge in [0.1, 0.15) is 5.82 Å². The predicted octanol–water partition coefficient (Wildman–Crippen LogP) is 0.891. The number of nitrogens with zero attached hydrogens (tertiary/aromatic N) is 4. The van der Waals surface area contributed by atoms with Gasteiger partial charge in [-0.05, 0) is 6.92 Å². The van der Waals surface area contributed by atoms with Gasteiger partial charge in [-0.1, -0.05) is 0 Å². The second kappa shape index (κ2) is 4.60. The van der Waals surface area contributed by atoms with E-state index in [1.165, 1.54) is 0 Å². The lowest BCUT2D eigenvalue weighted by molar-refractivity contribution is 0.112. The minimum Gasteiger partial charge on any atom is -0.358 e. The van der Waals surface area contributed by atoms with Crippen LogP contribution in [0, 0.1) is 18.3 Å². The normalized spacial score (nSPS) is 9.73. The number of hydrogen-bond donors (Lipinski definition) is 0. The minimum absolute atomic E-state index is 0.430. The monoisotopic (exact) mass is 206 g/mol. The van der Waals surface area contributed by atoms with Crippen molar-refractivity contribution < 1.29 is 4.79 Å². The molecule has 15 heavy (non-hydrogen) atoms. The summed E-state index contributed by atoms with van der Waals surface area (Å²) in [5.41, 5.74) is 1.31. The van der Waals surface area contributed by atoms with Crippen molar-refractivity contribution in [2.75, 3.05) is 18.5 Å². The number of anilines is 1. The Morgan fingerprint density at radius 3 is 2.87 bits per heavy atom. The zero-order valence-electron chi connectivity index (χ0n) is 9.19. The molecule has 0 aliphatic carbocycles. The number of hydrogen-bond acceptors (Lipinski definition) is 4. The number of rotatable bonds is 4. The molecule has 0 saturated heterocycles. The van der Waals surface area contributed by atoms with Crippen molar-refractivity contribution >= 4 is 12.1 Å². The third-order valence-electron chi connectivity index (χ3n) is 2.28. The van der Waals surface area contributed by atoms with Crippen LogP contribution in [0.15, 0.2) is 0 Å². The van der Waals surface area contributed by atoms with Crippen LogP contribution < -0.4 is 4.90 Å². The zero-order valence-corrected chi connectivity index (χ0v) is 9.19. The molecule has 0 fully saturated rings. The van der Waals surface area contributed by atoms with Gasteiger partial charge in [-0.3, -0.25) is 9.48 Å². The van der Waals surface area contributed by atoms with E-state index in [4.69, 9.17) is 5.26 Å². The predicted molar refractivity (Wildman–Crippen MR) is 56.8 cm³/mol. The Bertz CT molecular complexity index is 402. The van der Waals surface area contributed by atoms with E-state index in [9.17, 15) is 4.79 Å². The highest BCUT2D eigenvalue weighted by Crippen LogP contribution is 2.19. The first-order valence-electron chi connectivity index (χ1n) is 4.68. The van der Waals surface area contributed by atoms with Crippen LogP contribution in [0.1, 0.15) is 22.5 Å². The molecule has 80 valence electrons. The van der Waals surface area contributed by atoms with Gasteiger partial charge < -0.3 is 4.90 Å². The van der Waals surface area contributed by atoms with Crippen LogP contribution in [-0.2, 0) is 7.05 Å². The lowest BCUT2D eigenvalue weighted by Crippen LogP contribution is -2.22. The molecule has 0 atom stereocenters. The smallest absolute Gasteiger partial charge is 0.155 e. The summed E-state index contributed by atoms with van der Waals surface area (Å²) in [6.45, 7) is 2.39. The summed E-state index contributed by atoms with van der Waals surface area (Å²) in [4.78, 5) is 12.8. The Kier molecular flexibility index (Phi) is 3.45. The highest BCUT2D eigenvalue weighted by Gasteiger charge is 2.15. The van der Waals surface area contributed by atoms with E-state index in [0.717, 1.165) is 12.1 Å². The maximum absolute atomic E-state index is 10.9. The molecule has 5 heteroatoms. The number of aldehydes is 1. The SMILES string of the molecule is Cc1nn(C)c(N(C)CCC#N)c1C=O. The lowest BCUT2D eigenvalue weighted by atomic mass is 10.2. The topological polar surface area (TPSA) is 61.9 Å². The maximum atomic E-state index is 10.9. The first-order valence-corrected chi connectivity index (χ1v) is 4.68. The van der Waals surface area contributed by atoms with Gasteiger partial charge in [0, 0.05) is 20.6 Å². The van der Waals surface area contributed by atoms with E-state index in [1.807, 2.05) is 11.9 Å². The summed E-state index contributed by atoms with van der Waals surface area (Å²) in [6, 6.07) is 2.07. The summed E-state index contributed by atoms with van der Waals surface area (Å²) in [5, 5.41) is 12.7. The van der Waals surface area contributed by atoms with Crippen LogP contribution in [0.5, 0.6) is 0 Å². The standard InChI is InChI=1S/C10H14N4O/c1-8-9(7-15)10(14(3)12-8)13(2)6-4-5-11/h7H,4,6H2,1-3H3. The van der Waals surface area contributed by atoms with E-state index >= 15 is 0 Å². The van der Waals surface area contributed by atoms with Gasteiger partial charge in [0.2, 0.25) is 0 Å². The van der Waals surface area contributed by atoms with Gasteiger partial charge in [0.25, 0.3) is 0 Å². The average molecular weight is 206 g/mol. The Morgan fingerprint density at radius 2 is 2.33 bits per heavy atom. The molecular weight excluding hydrogens is 192 g/mol. The maximum Gasteiger partial charge on any atom is 0.155 e. The molecule has 1 rings (SSSR count). The van der Waals surface area contributed by atoms with Crippen molar-refractivity contribution in [2.45, 2.75) is 13.3 Å². The molecule has 1 heterocycles. The molecule has 0 amide bonds. The van der Waals surface area contributed by atoms with E-state index in [-0.39, 0.29) is 0 Å². The summed E-state index contributed by atoms with van der Waals surface area (Å²) in [5.74, 6) is 0.762. The molecular formula is C10H14N4O. The molecule has 1 aromatic rings. The van der Waals surface area contributed by atoms with E-state index in [0.29, 0.717) is 24.2 Å². The molecule has 0 aliphatic rings. The van der Waals surface area contributed by atoms with Crippen LogP contribution in [0.3, 0.4) is 0 Å². The summed E-state index contributed by atoms with van der Waals surface area (Å²) in [6.07, 6.45) is 1.24. The Balaban J connectivity index is 3.02. The fourth-order valence-corrected chi connectivity index (χ4v) is 1.58. The van der Waals surface area contributed by atoms with Crippen molar-refractivity contribution in [1.82, 2.24) is 9.78 Å². The van der Waals surface area contributed by atoms with E-state index in [2.05, 4.69) is 11.2 Å². The summed E-state index contributed by atoms with van der Waals surface area (Å²) in [7, 11) is 3.64. The number of carbonyl (C=O) groups is 1. The average Bonchev–Trinajstić information content (AvgIpc) is 2.49. The molecule has 0 N–H and O–H groups in total. The molecule has 0 spiro atoms. The van der Waals surface area contributed by atoms with E-state index in [1.54, 1.807) is 18.7 Å². The lowest BCUT2D eigenvalue weighted by Gasteiger charge is -2.18. The number of nitriles is 1. The van der Waals surface area contributed by atoms with Crippen LogP contribution in [-0.4, -0.2) is 29.7 Å². The summed E-state index contributed by atoms with van der Waals surface area (Å²) >= 11 is 0. The van der Waals surface area contributed by atoms with Crippen molar-refractivity contribution in [1.29, 1.82) is 5.26 Å². The highest BCUT2D eigenvalue weighted by atomic mass is 16.1. The Labute approximate surface area is 88.9 Å². The van der Waals surface area contributed by atoms with Crippen molar-refractivity contribution in [3.8, 4) is 6.07 Å². The van der Waals surface area contributed by atoms with Crippen LogP contribution in [0.2, 0.25) is 0 Å². The molecule has 0 aromatic carbocycles. The van der Waals surface area contributed by atoms with Crippen molar-refractivity contribution in [2.24, 2.45) is 7.05 Å². The van der Waals surface area contributed by atoms with Gasteiger partial charge in [0.15, 0.2) is 6.29 Å². The van der Waals surface area contributed by atoms with Gasteiger partial charge in [0.05, 0.1) is 23.7 Å². The fourth-order valence-electron chi connectivity index (χ4n) is 1.58. The zero-order chi connectivity index (χ0) is 11.4. The minimum atomic E-state index is 0.430. The van der Waals surface area contributed by atoms with Gasteiger partial charge in [-0.15, -0.1) is 0 Å². The molecule has 0 bridgehead atoms. The van der Waals surface area contributed by atoms with Gasteiger partial charge in [-0.2, -0.15) is 10.4 Å². The molecule has 1 aromatic heterocycles. The molecule has 5 nitrogen and oxygen atoms in total. The van der Waals surface area contributed by atoms with E-state index < -0.39 is 0 Å². The van der Waals surface area contributed by atoms with Gasteiger partial charge in [-0.25, -0.2) is 0 Å². The molecule has 0 radical (unpaired) electrons. The molecule has 0 unspecified atom stereocenters. The van der Waals surface area contributed by atoms with Crippen molar-refractivity contribution in [3.05, 3.63) is 11.3 Å². The van der Waals surface area contributed by atoms with Crippen LogP contribution >= 0.6 is 0 Å².